The van der Waals surface area contributed by atoms with Gasteiger partial charge in [0.05, 0.1) is 5.69 Å². The van der Waals surface area contributed by atoms with Gasteiger partial charge in [-0.2, -0.15) is 5.10 Å². The standard InChI is InChI=1S/C14H21N3O2/c1-17-13(7-8-16-17)5-6-14(19)15-9-11-3-2-4-12(11)10-18/h5-8,11-12,18H,2-4,9-10H2,1H3,(H,15,19). The highest BCUT2D eigenvalue weighted by molar-refractivity contribution is 5.91. The summed E-state index contributed by atoms with van der Waals surface area (Å²) < 4.78 is 1.71. The molecule has 1 aromatic heterocycles. The lowest BCUT2D eigenvalue weighted by atomic mass is 9.97. The largest absolute Gasteiger partial charge is 0.396 e. The first kappa shape index (κ1) is 13.8. The molecule has 0 radical (unpaired) electrons. The van der Waals surface area contributed by atoms with Crippen molar-refractivity contribution in [2.45, 2.75) is 19.3 Å². The van der Waals surface area contributed by atoms with Gasteiger partial charge in [-0.05, 0) is 36.8 Å². The highest BCUT2D eigenvalue weighted by atomic mass is 16.3. The molecule has 1 saturated carbocycles. The number of amides is 1. The topological polar surface area (TPSA) is 67.2 Å². The molecule has 1 aliphatic carbocycles. The minimum atomic E-state index is -0.0928. The molecule has 2 atom stereocenters. The van der Waals surface area contributed by atoms with Crippen LogP contribution in [0.1, 0.15) is 25.0 Å². The van der Waals surface area contributed by atoms with E-state index in [1.165, 1.54) is 6.08 Å². The summed E-state index contributed by atoms with van der Waals surface area (Å²) in [6.45, 7) is 0.880. The van der Waals surface area contributed by atoms with Crippen molar-refractivity contribution < 1.29 is 9.90 Å². The van der Waals surface area contributed by atoms with Gasteiger partial charge in [0.15, 0.2) is 0 Å². The second kappa shape index (κ2) is 6.52. The maximum atomic E-state index is 11.7. The van der Waals surface area contributed by atoms with Crippen LogP contribution >= 0.6 is 0 Å². The summed E-state index contributed by atoms with van der Waals surface area (Å²) >= 11 is 0. The first-order valence-electron chi connectivity index (χ1n) is 6.75. The molecule has 2 rings (SSSR count). The first-order chi connectivity index (χ1) is 9.20. The number of aromatic nitrogens is 2. The molecule has 1 aliphatic rings. The van der Waals surface area contributed by atoms with Crippen LogP contribution < -0.4 is 5.32 Å². The van der Waals surface area contributed by atoms with Gasteiger partial charge in [-0.25, -0.2) is 0 Å². The van der Waals surface area contributed by atoms with Crippen LogP contribution in [0.3, 0.4) is 0 Å². The highest BCUT2D eigenvalue weighted by Gasteiger charge is 2.26. The molecule has 2 N–H and O–H groups in total. The Bertz CT molecular complexity index is 453. The zero-order chi connectivity index (χ0) is 13.7. The van der Waals surface area contributed by atoms with E-state index < -0.39 is 0 Å². The number of aliphatic hydroxyl groups excluding tert-OH is 1. The molecule has 0 aliphatic heterocycles. The molecule has 0 aromatic carbocycles. The number of nitrogens with one attached hydrogen (secondary N) is 1. The molecule has 0 spiro atoms. The minimum absolute atomic E-state index is 0.0928. The van der Waals surface area contributed by atoms with Gasteiger partial charge in [0.2, 0.25) is 5.91 Å². The van der Waals surface area contributed by atoms with E-state index in [9.17, 15) is 9.90 Å². The van der Waals surface area contributed by atoms with Crippen LogP contribution in [0.4, 0.5) is 0 Å². The van der Waals surface area contributed by atoms with Crippen molar-refractivity contribution in [3.63, 3.8) is 0 Å². The number of hydrogen-bond donors (Lipinski definition) is 2. The molecular weight excluding hydrogens is 242 g/mol. The van der Waals surface area contributed by atoms with Crippen molar-refractivity contribution in [3.8, 4) is 0 Å². The van der Waals surface area contributed by atoms with E-state index in [0.29, 0.717) is 18.4 Å². The molecule has 2 unspecified atom stereocenters. The van der Waals surface area contributed by atoms with Crippen LogP contribution in [-0.4, -0.2) is 33.9 Å². The second-order valence-corrected chi connectivity index (χ2v) is 5.09. The molecule has 1 fully saturated rings. The Morgan fingerprint density at radius 3 is 3.05 bits per heavy atom. The van der Waals surface area contributed by atoms with Crippen LogP contribution in [0, 0.1) is 11.8 Å². The molecule has 1 amide bonds. The maximum Gasteiger partial charge on any atom is 0.244 e. The number of aliphatic hydroxyl groups is 1. The predicted octanol–water partition coefficient (Wildman–Crippen LogP) is 0.958. The van der Waals surface area contributed by atoms with Crippen molar-refractivity contribution in [2.24, 2.45) is 18.9 Å². The van der Waals surface area contributed by atoms with Crippen molar-refractivity contribution in [2.75, 3.05) is 13.2 Å². The fraction of sp³-hybridized carbons (Fsp3) is 0.571. The number of carbonyl (C=O) groups excluding carboxylic acids is 1. The van der Waals surface area contributed by atoms with Gasteiger partial charge in [0.25, 0.3) is 0 Å². The van der Waals surface area contributed by atoms with Crippen LogP contribution in [-0.2, 0) is 11.8 Å². The molecule has 1 aromatic rings. The van der Waals surface area contributed by atoms with Gasteiger partial charge < -0.3 is 10.4 Å². The molecule has 0 saturated heterocycles. The highest BCUT2D eigenvalue weighted by Crippen LogP contribution is 2.30. The molecular formula is C14H21N3O2. The fourth-order valence-electron chi connectivity index (χ4n) is 2.62. The summed E-state index contributed by atoms with van der Waals surface area (Å²) in [5, 5.41) is 16.2. The summed E-state index contributed by atoms with van der Waals surface area (Å²) in [6.07, 6.45) is 8.29. The molecule has 1 heterocycles. The number of aryl methyl sites for hydroxylation is 1. The Hall–Kier alpha value is -1.62. The normalized spacial score (nSPS) is 23.1. The van der Waals surface area contributed by atoms with E-state index in [-0.39, 0.29) is 12.5 Å². The van der Waals surface area contributed by atoms with Gasteiger partial charge in [-0.1, -0.05) is 6.42 Å². The monoisotopic (exact) mass is 263 g/mol. The van der Waals surface area contributed by atoms with Gasteiger partial charge in [0, 0.05) is 32.5 Å². The van der Waals surface area contributed by atoms with Crippen molar-refractivity contribution in [1.82, 2.24) is 15.1 Å². The van der Waals surface area contributed by atoms with E-state index in [4.69, 9.17) is 0 Å². The number of hydrogen-bond acceptors (Lipinski definition) is 3. The lowest BCUT2D eigenvalue weighted by Gasteiger charge is -2.17. The third-order valence-electron chi connectivity index (χ3n) is 3.85. The van der Waals surface area contributed by atoms with Crippen LogP contribution in [0.5, 0.6) is 0 Å². The smallest absolute Gasteiger partial charge is 0.244 e. The van der Waals surface area contributed by atoms with E-state index in [1.54, 1.807) is 17.0 Å². The zero-order valence-corrected chi connectivity index (χ0v) is 11.2. The Morgan fingerprint density at radius 1 is 1.58 bits per heavy atom. The van der Waals surface area contributed by atoms with Crippen molar-refractivity contribution in [1.29, 1.82) is 0 Å². The Kier molecular flexibility index (Phi) is 4.74. The Balaban J connectivity index is 1.79. The lowest BCUT2D eigenvalue weighted by molar-refractivity contribution is -0.116. The van der Waals surface area contributed by atoms with E-state index in [1.807, 2.05) is 13.1 Å². The minimum Gasteiger partial charge on any atom is -0.396 e. The summed E-state index contributed by atoms with van der Waals surface area (Å²) in [5.41, 5.74) is 0.893. The third kappa shape index (κ3) is 3.67. The maximum absolute atomic E-state index is 11.7. The quantitative estimate of drug-likeness (QED) is 0.778. The molecule has 0 bridgehead atoms. The summed E-state index contributed by atoms with van der Waals surface area (Å²) in [5.74, 6) is 0.671. The van der Waals surface area contributed by atoms with Crippen LogP contribution in [0.2, 0.25) is 0 Å². The SMILES string of the molecule is Cn1nccc1C=CC(=O)NCC1CCCC1CO. The first-order valence-corrected chi connectivity index (χ1v) is 6.75. The van der Waals surface area contributed by atoms with E-state index >= 15 is 0 Å². The number of nitrogens with zero attached hydrogens (tertiary/aromatic N) is 2. The zero-order valence-electron chi connectivity index (χ0n) is 11.2. The second-order valence-electron chi connectivity index (χ2n) is 5.09. The average Bonchev–Trinajstić information content (AvgIpc) is 3.02. The predicted molar refractivity (Wildman–Crippen MR) is 73.2 cm³/mol. The lowest BCUT2D eigenvalue weighted by Crippen LogP contribution is -2.30. The molecule has 104 valence electrons. The van der Waals surface area contributed by atoms with Crippen LogP contribution in [0.25, 0.3) is 6.08 Å². The molecule has 5 nitrogen and oxygen atoms in total. The summed E-state index contributed by atoms with van der Waals surface area (Å²) in [6, 6.07) is 1.85. The Labute approximate surface area is 113 Å². The van der Waals surface area contributed by atoms with Gasteiger partial charge in [-0.15, -0.1) is 0 Å². The van der Waals surface area contributed by atoms with Crippen molar-refractivity contribution >= 4 is 12.0 Å². The van der Waals surface area contributed by atoms with Gasteiger partial charge in [-0.3, -0.25) is 9.48 Å². The van der Waals surface area contributed by atoms with Crippen molar-refractivity contribution in [3.05, 3.63) is 24.0 Å². The Morgan fingerprint density at radius 2 is 2.37 bits per heavy atom. The summed E-state index contributed by atoms with van der Waals surface area (Å²) in [4.78, 5) is 11.7. The van der Waals surface area contributed by atoms with Gasteiger partial charge in [0.1, 0.15) is 0 Å². The van der Waals surface area contributed by atoms with Gasteiger partial charge >= 0.3 is 0 Å². The molecule has 19 heavy (non-hydrogen) atoms. The number of carbonyl (C=O) groups is 1. The van der Waals surface area contributed by atoms with Crippen LogP contribution in [0.15, 0.2) is 18.3 Å². The summed E-state index contributed by atoms with van der Waals surface area (Å²) in [7, 11) is 1.84. The average molecular weight is 263 g/mol. The number of rotatable bonds is 5. The fourth-order valence-corrected chi connectivity index (χ4v) is 2.62. The molecule has 5 heteroatoms. The van der Waals surface area contributed by atoms with E-state index in [0.717, 1.165) is 25.0 Å². The van der Waals surface area contributed by atoms with E-state index in [2.05, 4.69) is 10.4 Å². The third-order valence-corrected chi connectivity index (χ3v) is 3.85.